The van der Waals surface area contributed by atoms with E-state index >= 15 is 0 Å². The van der Waals surface area contributed by atoms with Crippen LogP contribution >= 0.6 is 0 Å². The lowest BCUT2D eigenvalue weighted by Crippen LogP contribution is -2.31. The van der Waals surface area contributed by atoms with Crippen molar-refractivity contribution in [1.29, 1.82) is 0 Å². The van der Waals surface area contributed by atoms with Gasteiger partial charge < -0.3 is 15.2 Å². The van der Waals surface area contributed by atoms with Gasteiger partial charge in [0.15, 0.2) is 5.75 Å². The second-order valence-electron chi connectivity index (χ2n) is 4.04. The molecule has 1 aromatic carbocycles. The van der Waals surface area contributed by atoms with E-state index in [1.54, 1.807) is 0 Å². The fraction of sp³-hybridized carbons (Fsp3) is 0.500. The van der Waals surface area contributed by atoms with Crippen molar-refractivity contribution in [2.75, 3.05) is 19.7 Å². The van der Waals surface area contributed by atoms with Gasteiger partial charge in [0.05, 0.1) is 11.0 Å². The average molecular weight is 272 g/mol. The quantitative estimate of drug-likeness (QED) is 0.425. The molecule has 0 bridgehead atoms. The predicted octanol–water partition coefficient (Wildman–Crippen LogP) is 1.47. The standard InChI is InChI=1S/C12H17FN2O4/c1-2-5-14-7-10(16)8-19-12-4-3-9(13)6-11(12)15(17)18/h3-4,6,10,14,16H,2,5,7-8H2,1H3. The van der Waals surface area contributed by atoms with Crippen LogP contribution in [0.25, 0.3) is 0 Å². The molecule has 0 heterocycles. The largest absolute Gasteiger partial charge is 0.484 e. The number of hydrogen-bond acceptors (Lipinski definition) is 5. The van der Waals surface area contributed by atoms with E-state index in [0.29, 0.717) is 6.54 Å². The van der Waals surface area contributed by atoms with E-state index in [1.165, 1.54) is 6.07 Å². The Morgan fingerprint density at radius 1 is 1.58 bits per heavy atom. The summed E-state index contributed by atoms with van der Waals surface area (Å²) in [5.41, 5.74) is -0.450. The van der Waals surface area contributed by atoms with E-state index in [1.807, 2.05) is 6.92 Å². The van der Waals surface area contributed by atoms with Crippen LogP contribution in [-0.2, 0) is 0 Å². The van der Waals surface area contributed by atoms with Crippen molar-refractivity contribution in [3.63, 3.8) is 0 Å². The molecule has 19 heavy (non-hydrogen) atoms. The maximum atomic E-state index is 12.9. The fourth-order valence-electron chi connectivity index (χ4n) is 1.45. The number of nitrogens with one attached hydrogen (secondary N) is 1. The molecule has 0 aromatic heterocycles. The number of nitro benzene ring substituents is 1. The van der Waals surface area contributed by atoms with E-state index in [2.05, 4.69) is 5.32 Å². The summed E-state index contributed by atoms with van der Waals surface area (Å²) >= 11 is 0. The molecule has 0 amide bonds. The second kappa shape index (κ2) is 7.65. The zero-order valence-electron chi connectivity index (χ0n) is 10.6. The lowest BCUT2D eigenvalue weighted by Gasteiger charge is -2.13. The van der Waals surface area contributed by atoms with Gasteiger partial charge in [-0.15, -0.1) is 0 Å². The van der Waals surface area contributed by atoms with Crippen molar-refractivity contribution in [1.82, 2.24) is 5.32 Å². The molecule has 1 unspecified atom stereocenters. The van der Waals surface area contributed by atoms with Gasteiger partial charge in [0.1, 0.15) is 18.5 Å². The van der Waals surface area contributed by atoms with Gasteiger partial charge in [0, 0.05) is 6.54 Å². The van der Waals surface area contributed by atoms with Crippen LogP contribution < -0.4 is 10.1 Å². The molecule has 0 spiro atoms. The van der Waals surface area contributed by atoms with Crippen LogP contribution in [0.4, 0.5) is 10.1 Å². The van der Waals surface area contributed by atoms with Crippen molar-refractivity contribution in [2.45, 2.75) is 19.4 Å². The number of benzene rings is 1. The minimum absolute atomic E-state index is 0.0547. The molecule has 1 atom stereocenters. The Balaban J connectivity index is 2.55. The summed E-state index contributed by atoms with van der Waals surface area (Å²) in [6, 6.07) is 3.04. The molecule has 1 rings (SSSR count). The summed E-state index contributed by atoms with van der Waals surface area (Å²) in [6.07, 6.45) is 0.160. The minimum atomic E-state index is -0.781. The second-order valence-corrected chi connectivity index (χ2v) is 4.04. The third kappa shape index (κ3) is 5.19. The van der Waals surface area contributed by atoms with Crippen LogP contribution in [0, 0.1) is 15.9 Å². The van der Waals surface area contributed by atoms with Gasteiger partial charge in [-0.1, -0.05) is 6.92 Å². The van der Waals surface area contributed by atoms with Crippen LogP contribution in [0.2, 0.25) is 0 Å². The lowest BCUT2D eigenvalue weighted by molar-refractivity contribution is -0.386. The molecule has 1 aromatic rings. The zero-order chi connectivity index (χ0) is 14.3. The number of ether oxygens (including phenoxy) is 1. The average Bonchev–Trinajstić information content (AvgIpc) is 2.37. The van der Waals surface area contributed by atoms with E-state index in [9.17, 15) is 19.6 Å². The van der Waals surface area contributed by atoms with E-state index in [0.717, 1.165) is 25.1 Å². The molecule has 6 nitrogen and oxygen atoms in total. The van der Waals surface area contributed by atoms with Crippen LogP contribution in [0.3, 0.4) is 0 Å². The van der Waals surface area contributed by atoms with Crippen LogP contribution in [-0.4, -0.2) is 35.8 Å². The Labute approximate surface area is 110 Å². The summed E-state index contributed by atoms with van der Waals surface area (Å²) in [7, 11) is 0. The third-order valence-electron chi connectivity index (χ3n) is 2.36. The van der Waals surface area contributed by atoms with E-state index in [-0.39, 0.29) is 12.4 Å². The number of aliphatic hydroxyl groups is 1. The first kappa shape index (κ1) is 15.3. The highest BCUT2D eigenvalue weighted by Gasteiger charge is 2.17. The topological polar surface area (TPSA) is 84.6 Å². The van der Waals surface area contributed by atoms with Gasteiger partial charge in [-0.3, -0.25) is 10.1 Å². The summed E-state index contributed by atoms with van der Waals surface area (Å²) in [4.78, 5) is 9.99. The van der Waals surface area contributed by atoms with E-state index < -0.39 is 22.5 Å². The van der Waals surface area contributed by atoms with Crippen LogP contribution in [0.15, 0.2) is 18.2 Å². The molecular formula is C12H17FN2O4. The van der Waals surface area contributed by atoms with Gasteiger partial charge in [0.25, 0.3) is 0 Å². The molecule has 7 heteroatoms. The first-order chi connectivity index (χ1) is 9.04. The summed E-state index contributed by atoms with van der Waals surface area (Å²) in [6.45, 7) is 3.01. The van der Waals surface area contributed by atoms with Crippen LogP contribution in [0.5, 0.6) is 5.75 Å². The first-order valence-electron chi connectivity index (χ1n) is 6.00. The third-order valence-corrected chi connectivity index (χ3v) is 2.36. The molecule has 0 saturated heterocycles. The molecular weight excluding hydrogens is 255 g/mol. The van der Waals surface area contributed by atoms with Gasteiger partial charge in [0.2, 0.25) is 0 Å². The Kier molecular flexibility index (Phi) is 6.17. The van der Waals surface area contributed by atoms with Gasteiger partial charge in [-0.2, -0.15) is 0 Å². The van der Waals surface area contributed by atoms with Crippen molar-refractivity contribution in [3.05, 3.63) is 34.1 Å². The van der Waals surface area contributed by atoms with Crippen molar-refractivity contribution in [2.24, 2.45) is 0 Å². The van der Waals surface area contributed by atoms with Gasteiger partial charge >= 0.3 is 5.69 Å². The monoisotopic (exact) mass is 272 g/mol. The highest BCUT2D eigenvalue weighted by Crippen LogP contribution is 2.27. The van der Waals surface area contributed by atoms with Crippen molar-refractivity contribution >= 4 is 5.69 Å². The summed E-state index contributed by atoms with van der Waals surface area (Å²) in [5, 5.41) is 23.3. The maximum absolute atomic E-state index is 12.9. The lowest BCUT2D eigenvalue weighted by atomic mass is 10.3. The first-order valence-corrected chi connectivity index (χ1v) is 6.00. The normalized spacial score (nSPS) is 12.2. The molecule has 0 aliphatic rings. The number of rotatable bonds is 8. The summed E-state index contributed by atoms with van der Waals surface area (Å²) in [5.74, 6) is -0.759. The Morgan fingerprint density at radius 2 is 2.32 bits per heavy atom. The maximum Gasteiger partial charge on any atom is 0.313 e. The minimum Gasteiger partial charge on any atom is -0.484 e. The number of aliphatic hydroxyl groups excluding tert-OH is 1. The van der Waals surface area contributed by atoms with Gasteiger partial charge in [-0.05, 0) is 25.1 Å². The number of hydrogen-bond donors (Lipinski definition) is 2. The molecule has 0 saturated carbocycles. The number of halogens is 1. The summed E-state index contributed by atoms with van der Waals surface area (Å²) < 4.78 is 18.0. The molecule has 0 aliphatic carbocycles. The number of nitrogens with zero attached hydrogens (tertiary/aromatic N) is 1. The zero-order valence-corrected chi connectivity index (χ0v) is 10.6. The molecule has 106 valence electrons. The van der Waals surface area contributed by atoms with Gasteiger partial charge in [-0.25, -0.2) is 4.39 Å². The Bertz CT molecular complexity index is 428. The molecule has 0 fully saturated rings. The van der Waals surface area contributed by atoms with Crippen molar-refractivity contribution in [3.8, 4) is 5.75 Å². The molecule has 0 radical (unpaired) electrons. The Hall–Kier alpha value is -1.73. The highest BCUT2D eigenvalue weighted by molar-refractivity contribution is 5.46. The van der Waals surface area contributed by atoms with Crippen LogP contribution in [0.1, 0.15) is 13.3 Å². The molecule has 2 N–H and O–H groups in total. The Morgan fingerprint density at radius 3 is 2.95 bits per heavy atom. The fourth-order valence-corrected chi connectivity index (χ4v) is 1.45. The molecule has 0 aliphatic heterocycles. The predicted molar refractivity (Wildman–Crippen MR) is 67.7 cm³/mol. The van der Waals surface area contributed by atoms with Crippen molar-refractivity contribution < 1.29 is 19.2 Å². The SMILES string of the molecule is CCCNCC(O)COc1ccc(F)cc1[N+](=O)[O-]. The van der Waals surface area contributed by atoms with E-state index in [4.69, 9.17) is 4.74 Å². The highest BCUT2D eigenvalue weighted by atomic mass is 19.1. The smallest absolute Gasteiger partial charge is 0.313 e. The number of nitro groups is 1.